The van der Waals surface area contributed by atoms with E-state index >= 15 is 0 Å². The lowest BCUT2D eigenvalue weighted by Crippen LogP contribution is -2.19. The van der Waals surface area contributed by atoms with E-state index in [0.717, 1.165) is 29.8 Å². The van der Waals surface area contributed by atoms with Crippen LogP contribution in [0, 0.1) is 5.82 Å². The third kappa shape index (κ3) is 3.84. The molecule has 0 unspecified atom stereocenters. The normalized spacial score (nSPS) is 10.9. The second-order valence-corrected chi connectivity index (χ2v) is 4.65. The fourth-order valence-electron chi connectivity index (χ4n) is 2.09. The molecule has 0 aliphatic heterocycles. The van der Waals surface area contributed by atoms with Gasteiger partial charge in [0.1, 0.15) is 5.82 Å². The van der Waals surface area contributed by atoms with Gasteiger partial charge in [-0.2, -0.15) is 0 Å². The summed E-state index contributed by atoms with van der Waals surface area (Å²) in [5.74, 6) is -0.237. The van der Waals surface area contributed by atoms with E-state index in [4.69, 9.17) is 5.73 Å². The molecule has 0 fully saturated rings. The molecule has 2 rings (SSSR count). The van der Waals surface area contributed by atoms with Gasteiger partial charge in [0.2, 0.25) is 0 Å². The SMILES string of the molecule is CN(Cc1cccnc1)Cc1ccc(F)cc1CN. The highest BCUT2D eigenvalue weighted by molar-refractivity contribution is 5.27. The van der Waals surface area contributed by atoms with Gasteiger partial charge in [-0.05, 0) is 41.9 Å². The Bertz CT molecular complexity index is 528. The molecule has 3 nitrogen and oxygen atoms in total. The number of nitrogens with two attached hydrogens (primary N) is 1. The molecular weight excluding hydrogens is 241 g/mol. The number of hydrogen-bond acceptors (Lipinski definition) is 3. The van der Waals surface area contributed by atoms with Crippen LogP contribution in [0.25, 0.3) is 0 Å². The summed E-state index contributed by atoms with van der Waals surface area (Å²) in [5.41, 5.74) is 8.73. The molecule has 0 aliphatic rings. The molecule has 1 aromatic carbocycles. The van der Waals surface area contributed by atoms with Crippen LogP contribution in [0.2, 0.25) is 0 Å². The molecule has 1 aromatic heterocycles. The topological polar surface area (TPSA) is 42.2 Å². The van der Waals surface area contributed by atoms with Gasteiger partial charge in [0.05, 0.1) is 0 Å². The zero-order valence-electron chi connectivity index (χ0n) is 11.0. The molecule has 1 heterocycles. The van der Waals surface area contributed by atoms with Crippen LogP contribution in [0.1, 0.15) is 16.7 Å². The van der Waals surface area contributed by atoms with Crippen molar-refractivity contribution in [2.45, 2.75) is 19.6 Å². The molecule has 0 radical (unpaired) electrons. The van der Waals surface area contributed by atoms with Gasteiger partial charge < -0.3 is 5.73 Å². The second-order valence-electron chi connectivity index (χ2n) is 4.65. The summed E-state index contributed by atoms with van der Waals surface area (Å²) >= 11 is 0. The number of aromatic nitrogens is 1. The Morgan fingerprint density at radius 1 is 1.21 bits per heavy atom. The maximum atomic E-state index is 13.1. The molecule has 0 spiro atoms. The van der Waals surface area contributed by atoms with Crippen molar-refractivity contribution >= 4 is 0 Å². The molecule has 0 amide bonds. The predicted molar refractivity (Wildman–Crippen MR) is 73.7 cm³/mol. The number of hydrogen-bond donors (Lipinski definition) is 1. The highest BCUT2D eigenvalue weighted by atomic mass is 19.1. The molecule has 4 heteroatoms. The minimum atomic E-state index is -0.237. The maximum absolute atomic E-state index is 13.1. The fourth-order valence-corrected chi connectivity index (χ4v) is 2.09. The van der Waals surface area contributed by atoms with Crippen LogP contribution >= 0.6 is 0 Å². The average Bonchev–Trinajstić information content (AvgIpc) is 2.42. The van der Waals surface area contributed by atoms with Gasteiger partial charge in [0.25, 0.3) is 0 Å². The first-order valence-corrected chi connectivity index (χ1v) is 6.24. The quantitative estimate of drug-likeness (QED) is 0.896. The van der Waals surface area contributed by atoms with Gasteiger partial charge in [0.15, 0.2) is 0 Å². The Morgan fingerprint density at radius 3 is 2.74 bits per heavy atom. The van der Waals surface area contributed by atoms with E-state index in [1.54, 1.807) is 12.3 Å². The molecule has 0 saturated carbocycles. The summed E-state index contributed by atoms with van der Waals surface area (Å²) in [6.45, 7) is 1.89. The number of halogens is 1. The van der Waals surface area contributed by atoms with Crippen molar-refractivity contribution in [3.63, 3.8) is 0 Å². The van der Waals surface area contributed by atoms with Gasteiger partial charge in [-0.1, -0.05) is 12.1 Å². The summed E-state index contributed by atoms with van der Waals surface area (Å²) < 4.78 is 13.1. The largest absolute Gasteiger partial charge is 0.326 e. The second kappa shape index (κ2) is 6.41. The Hall–Kier alpha value is -1.78. The van der Waals surface area contributed by atoms with Gasteiger partial charge in [0, 0.05) is 32.0 Å². The van der Waals surface area contributed by atoms with E-state index < -0.39 is 0 Å². The molecule has 2 aromatic rings. The van der Waals surface area contributed by atoms with Crippen LogP contribution < -0.4 is 5.73 Å². The molecule has 2 N–H and O–H groups in total. The molecule has 0 aliphatic carbocycles. The standard InChI is InChI=1S/C15H18FN3/c1-19(10-12-3-2-6-18-9-12)11-13-4-5-15(16)7-14(13)8-17/h2-7,9H,8,10-11,17H2,1H3. The van der Waals surface area contributed by atoms with Crippen molar-refractivity contribution in [1.29, 1.82) is 0 Å². The molecule has 0 atom stereocenters. The Kier molecular flexibility index (Phi) is 4.60. The lowest BCUT2D eigenvalue weighted by molar-refractivity contribution is 0.317. The highest BCUT2D eigenvalue weighted by Crippen LogP contribution is 2.14. The molecular formula is C15H18FN3. The van der Waals surface area contributed by atoms with Crippen LogP contribution in [0.4, 0.5) is 4.39 Å². The van der Waals surface area contributed by atoms with Crippen LogP contribution in [-0.2, 0) is 19.6 Å². The first-order chi connectivity index (χ1) is 9.19. The zero-order chi connectivity index (χ0) is 13.7. The fraction of sp³-hybridized carbons (Fsp3) is 0.267. The van der Waals surface area contributed by atoms with Crippen molar-refractivity contribution in [2.75, 3.05) is 7.05 Å². The maximum Gasteiger partial charge on any atom is 0.123 e. The molecule has 0 saturated heterocycles. The monoisotopic (exact) mass is 259 g/mol. The van der Waals surface area contributed by atoms with Crippen LogP contribution in [0.3, 0.4) is 0 Å². The lowest BCUT2D eigenvalue weighted by atomic mass is 10.1. The summed E-state index contributed by atoms with van der Waals surface area (Å²) in [7, 11) is 2.02. The van der Waals surface area contributed by atoms with E-state index in [2.05, 4.69) is 9.88 Å². The van der Waals surface area contributed by atoms with Gasteiger partial charge in [-0.25, -0.2) is 4.39 Å². The van der Waals surface area contributed by atoms with Gasteiger partial charge in [-0.3, -0.25) is 9.88 Å². The lowest BCUT2D eigenvalue weighted by Gasteiger charge is -2.18. The van der Waals surface area contributed by atoms with E-state index in [1.165, 1.54) is 12.1 Å². The minimum Gasteiger partial charge on any atom is -0.326 e. The summed E-state index contributed by atoms with van der Waals surface area (Å²) in [6, 6.07) is 8.75. The highest BCUT2D eigenvalue weighted by Gasteiger charge is 2.07. The number of benzene rings is 1. The molecule has 19 heavy (non-hydrogen) atoms. The molecule has 100 valence electrons. The van der Waals surface area contributed by atoms with E-state index in [9.17, 15) is 4.39 Å². The van der Waals surface area contributed by atoms with Crippen LogP contribution in [-0.4, -0.2) is 16.9 Å². The van der Waals surface area contributed by atoms with Crippen molar-refractivity contribution in [3.05, 3.63) is 65.2 Å². The average molecular weight is 259 g/mol. The van der Waals surface area contributed by atoms with Crippen LogP contribution in [0.5, 0.6) is 0 Å². The number of pyridine rings is 1. The smallest absolute Gasteiger partial charge is 0.123 e. The summed E-state index contributed by atoms with van der Waals surface area (Å²) in [5, 5.41) is 0. The first-order valence-electron chi connectivity index (χ1n) is 6.24. The number of rotatable bonds is 5. The van der Waals surface area contributed by atoms with Crippen molar-refractivity contribution in [3.8, 4) is 0 Å². The first kappa shape index (κ1) is 13.6. The predicted octanol–water partition coefficient (Wildman–Crippen LogP) is 2.31. The Morgan fingerprint density at radius 2 is 2.05 bits per heavy atom. The third-order valence-corrected chi connectivity index (χ3v) is 3.00. The van der Waals surface area contributed by atoms with Crippen molar-refractivity contribution in [2.24, 2.45) is 5.73 Å². The van der Waals surface area contributed by atoms with Gasteiger partial charge in [-0.15, -0.1) is 0 Å². The van der Waals surface area contributed by atoms with Crippen molar-refractivity contribution < 1.29 is 4.39 Å². The minimum absolute atomic E-state index is 0.237. The van der Waals surface area contributed by atoms with Gasteiger partial charge >= 0.3 is 0 Å². The number of nitrogens with zero attached hydrogens (tertiary/aromatic N) is 2. The van der Waals surface area contributed by atoms with Crippen LogP contribution in [0.15, 0.2) is 42.7 Å². The summed E-state index contributed by atoms with van der Waals surface area (Å²) in [4.78, 5) is 6.25. The summed E-state index contributed by atoms with van der Waals surface area (Å²) in [6.07, 6.45) is 3.61. The third-order valence-electron chi connectivity index (χ3n) is 3.00. The van der Waals surface area contributed by atoms with E-state index in [1.807, 2.05) is 25.4 Å². The zero-order valence-corrected chi connectivity index (χ0v) is 11.0. The van der Waals surface area contributed by atoms with E-state index in [-0.39, 0.29) is 5.82 Å². The molecule has 0 bridgehead atoms. The van der Waals surface area contributed by atoms with E-state index in [0.29, 0.717) is 6.54 Å². The van der Waals surface area contributed by atoms with Crippen molar-refractivity contribution in [1.82, 2.24) is 9.88 Å². The Balaban J connectivity index is 2.04. The Labute approximate surface area is 112 Å².